The highest BCUT2D eigenvalue weighted by Crippen LogP contribution is 2.24. The molecule has 0 saturated heterocycles. The van der Waals surface area contributed by atoms with Crippen LogP contribution >= 0.6 is 34.5 Å². The van der Waals surface area contributed by atoms with Gasteiger partial charge in [0.05, 0.1) is 10.6 Å². The van der Waals surface area contributed by atoms with Crippen LogP contribution in [0.2, 0.25) is 10.0 Å². The van der Waals surface area contributed by atoms with Crippen LogP contribution in [0.3, 0.4) is 0 Å². The molecule has 0 saturated carbocycles. The molecule has 2 rings (SSSR count). The van der Waals surface area contributed by atoms with E-state index in [1.165, 1.54) is 18.2 Å². The van der Waals surface area contributed by atoms with Crippen molar-refractivity contribution in [2.45, 2.75) is 4.34 Å². The number of benzene rings is 1. The summed E-state index contributed by atoms with van der Waals surface area (Å²) in [5.41, 5.74) is 0.201. The smallest absolute Gasteiger partial charge is 0.259 e. The predicted octanol–water partition coefficient (Wildman–Crippen LogP) is 2.50. The molecule has 1 heterocycles. The highest BCUT2D eigenvalue weighted by Gasteiger charge is 2.17. The van der Waals surface area contributed by atoms with Gasteiger partial charge in [0, 0.05) is 11.3 Å². The number of nitrogens with zero attached hydrogens (tertiary/aromatic N) is 2. The Morgan fingerprint density at radius 3 is 2.55 bits per heavy atom. The number of hydrogen-bond donors (Lipinski definition) is 1. The van der Waals surface area contributed by atoms with Crippen LogP contribution in [0.4, 0.5) is 5.13 Å². The van der Waals surface area contributed by atoms with Gasteiger partial charge in [-0.2, -0.15) is 0 Å². The van der Waals surface area contributed by atoms with Crippen molar-refractivity contribution in [3.05, 3.63) is 33.8 Å². The zero-order valence-corrected chi connectivity index (χ0v) is 13.1. The molecular weight excluding hydrogens is 345 g/mol. The molecule has 1 N–H and O–H groups in total. The molecule has 0 unspecified atom stereocenters. The lowest BCUT2D eigenvalue weighted by molar-refractivity contribution is 0.102. The van der Waals surface area contributed by atoms with Crippen LogP contribution in [-0.2, 0) is 9.84 Å². The Morgan fingerprint density at radius 1 is 1.30 bits per heavy atom. The Bertz CT molecular complexity index is 774. The van der Waals surface area contributed by atoms with Gasteiger partial charge in [0.15, 0.2) is 0 Å². The fourth-order valence-corrected chi connectivity index (χ4v) is 3.25. The number of carbonyl (C=O) groups excluding carboxylic acids is 1. The minimum atomic E-state index is -3.45. The quantitative estimate of drug-likeness (QED) is 0.858. The van der Waals surface area contributed by atoms with Gasteiger partial charge in [-0.15, -0.1) is 10.2 Å². The zero-order valence-electron chi connectivity index (χ0n) is 9.92. The fraction of sp³-hybridized carbons (Fsp3) is 0.100. The molecule has 0 aliphatic carbocycles. The first-order valence-electron chi connectivity index (χ1n) is 5.07. The molecule has 0 bridgehead atoms. The van der Waals surface area contributed by atoms with E-state index in [1.807, 2.05) is 0 Å². The van der Waals surface area contributed by atoms with Crippen LogP contribution in [0.5, 0.6) is 0 Å². The molecule has 6 nitrogen and oxygen atoms in total. The van der Waals surface area contributed by atoms with E-state index in [4.69, 9.17) is 23.2 Å². The van der Waals surface area contributed by atoms with E-state index in [0.29, 0.717) is 5.02 Å². The molecular formula is C10H7Cl2N3O3S2. The molecule has 2 aromatic rings. The van der Waals surface area contributed by atoms with Crippen LogP contribution in [0.15, 0.2) is 22.5 Å². The molecule has 0 radical (unpaired) electrons. The number of aromatic nitrogens is 2. The zero-order chi connectivity index (χ0) is 14.9. The van der Waals surface area contributed by atoms with E-state index in [-0.39, 0.29) is 20.1 Å². The van der Waals surface area contributed by atoms with E-state index < -0.39 is 15.7 Å². The average molecular weight is 352 g/mol. The normalized spacial score (nSPS) is 11.3. The van der Waals surface area contributed by atoms with Gasteiger partial charge in [-0.05, 0) is 18.2 Å². The third-order valence-electron chi connectivity index (χ3n) is 2.12. The van der Waals surface area contributed by atoms with Gasteiger partial charge < -0.3 is 0 Å². The summed E-state index contributed by atoms with van der Waals surface area (Å²) in [5, 5.41) is 10.1. The number of carbonyl (C=O) groups is 1. The SMILES string of the molecule is CS(=O)(=O)c1nnc(NC(=O)c2ccc(Cl)cc2Cl)s1. The van der Waals surface area contributed by atoms with Crippen LogP contribution in [0, 0.1) is 0 Å². The summed E-state index contributed by atoms with van der Waals surface area (Å²) in [4.78, 5) is 12.0. The standard InChI is InChI=1S/C10H7Cl2N3O3S2/c1-20(17,18)10-15-14-9(19-10)13-8(16)6-3-2-5(11)4-7(6)12/h2-4H,1H3,(H,13,14,16). The molecule has 106 valence electrons. The number of rotatable bonds is 3. The summed E-state index contributed by atoms with van der Waals surface area (Å²) < 4.78 is 22.3. The van der Waals surface area contributed by atoms with Gasteiger partial charge in [0.2, 0.25) is 19.3 Å². The second-order valence-electron chi connectivity index (χ2n) is 3.72. The minimum absolute atomic E-state index is 0.0708. The molecule has 10 heteroatoms. The lowest BCUT2D eigenvalue weighted by Crippen LogP contribution is -2.12. The molecule has 0 aliphatic heterocycles. The second kappa shape index (κ2) is 5.65. The van der Waals surface area contributed by atoms with Gasteiger partial charge in [-0.3, -0.25) is 10.1 Å². The van der Waals surface area contributed by atoms with Crippen molar-refractivity contribution in [3.63, 3.8) is 0 Å². The van der Waals surface area contributed by atoms with Crippen molar-refractivity contribution in [1.29, 1.82) is 0 Å². The number of halogens is 2. The number of nitrogens with one attached hydrogen (secondary N) is 1. The number of anilines is 1. The maximum Gasteiger partial charge on any atom is 0.259 e. The Balaban J connectivity index is 2.22. The van der Waals surface area contributed by atoms with E-state index in [9.17, 15) is 13.2 Å². The highest BCUT2D eigenvalue weighted by atomic mass is 35.5. The van der Waals surface area contributed by atoms with Crippen LogP contribution in [0.1, 0.15) is 10.4 Å². The van der Waals surface area contributed by atoms with Crippen LogP contribution in [0.25, 0.3) is 0 Å². The Kier molecular flexibility index (Phi) is 4.28. The molecule has 20 heavy (non-hydrogen) atoms. The highest BCUT2D eigenvalue weighted by molar-refractivity contribution is 7.92. The van der Waals surface area contributed by atoms with E-state index >= 15 is 0 Å². The van der Waals surface area contributed by atoms with Gasteiger partial charge in [-0.1, -0.05) is 34.5 Å². The van der Waals surface area contributed by atoms with Gasteiger partial charge in [0.25, 0.3) is 5.91 Å². The molecule has 1 amide bonds. The van der Waals surface area contributed by atoms with Crippen LogP contribution < -0.4 is 5.32 Å². The first kappa shape index (κ1) is 15.2. The summed E-state index contributed by atoms with van der Waals surface area (Å²) >= 11 is 12.4. The maximum atomic E-state index is 12.0. The summed E-state index contributed by atoms with van der Waals surface area (Å²) in [6.45, 7) is 0. The van der Waals surface area contributed by atoms with Crippen molar-refractivity contribution in [2.75, 3.05) is 11.6 Å². The van der Waals surface area contributed by atoms with Crippen LogP contribution in [-0.4, -0.2) is 30.8 Å². The molecule has 0 atom stereocenters. The fourth-order valence-electron chi connectivity index (χ4n) is 1.25. The lowest BCUT2D eigenvalue weighted by atomic mass is 10.2. The van der Waals surface area contributed by atoms with Crippen molar-refractivity contribution < 1.29 is 13.2 Å². The first-order valence-corrected chi connectivity index (χ1v) is 8.54. The largest absolute Gasteiger partial charge is 0.296 e. The van der Waals surface area contributed by atoms with Crippen molar-refractivity contribution in [3.8, 4) is 0 Å². The van der Waals surface area contributed by atoms with E-state index in [1.54, 1.807) is 0 Å². The lowest BCUT2D eigenvalue weighted by Gasteiger charge is -2.03. The maximum absolute atomic E-state index is 12.0. The van der Waals surface area contributed by atoms with Crippen molar-refractivity contribution >= 4 is 55.4 Å². The molecule has 0 aliphatic rings. The van der Waals surface area contributed by atoms with Gasteiger partial charge in [0.1, 0.15) is 0 Å². The minimum Gasteiger partial charge on any atom is -0.296 e. The third kappa shape index (κ3) is 3.45. The van der Waals surface area contributed by atoms with E-state index in [2.05, 4.69) is 15.5 Å². The molecule has 1 aromatic carbocycles. The Morgan fingerprint density at radius 2 is 2.00 bits per heavy atom. The third-order valence-corrected chi connectivity index (χ3v) is 5.18. The Hall–Kier alpha value is -1.22. The summed E-state index contributed by atoms with van der Waals surface area (Å²) in [6, 6.07) is 4.41. The molecule has 0 fully saturated rings. The number of sulfone groups is 1. The summed E-state index contributed by atoms with van der Waals surface area (Å²) in [5.74, 6) is -0.525. The predicted molar refractivity (Wildman–Crippen MR) is 77.4 cm³/mol. The van der Waals surface area contributed by atoms with Gasteiger partial charge >= 0.3 is 0 Å². The molecule has 1 aromatic heterocycles. The van der Waals surface area contributed by atoms with Crippen molar-refractivity contribution in [2.24, 2.45) is 0 Å². The first-order chi connectivity index (χ1) is 9.27. The monoisotopic (exact) mass is 351 g/mol. The topological polar surface area (TPSA) is 89.0 Å². The van der Waals surface area contributed by atoms with E-state index in [0.717, 1.165) is 17.6 Å². The number of amides is 1. The van der Waals surface area contributed by atoms with Gasteiger partial charge in [-0.25, -0.2) is 8.42 Å². The molecule has 0 spiro atoms. The Labute approximate surface area is 128 Å². The second-order valence-corrected chi connectivity index (χ2v) is 7.73. The number of hydrogen-bond acceptors (Lipinski definition) is 6. The van der Waals surface area contributed by atoms with Crippen molar-refractivity contribution in [1.82, 2.24) is 10.2 Å². The average Bonchev–Trinajstić information content (AvgIpc) is 2.76. The summed E-state index contributed by atoms with van der Waals surface area (Å²) in [7, 11) is -3.45. The summed E-state index contributed by atoms with van der Waals surface area (Å²) in [6.07, 6.45) is 1.01.